The highest BCUT2D eigenvalue weighted by Crippen LogP contribution is 2.22. The van der Waals surface area contributed by atoms with Gasteiger partial charge in [0.15, 0.2) is 0 Å². The fourth-order valence-electron chi connectivity index (χ4n) is 1.94. The van der Waals surface area contributed by atoms with Crippen LogP contribution in [0, 0.1) is 6.92 Å². The quantitative estimate of drug-likeness (QED) is 0.728. The van der Waals surface area contributed by atoms with Gasteiger partial charge in [-0.15, -0.1) is 0 Å². The number of nitrogens with zero attached hydrogens (tertiary/aromatic N) is 2. The van der Waals surface area contributed by atoms with E-state index >= 15 is 0 Å². The first-order chi connectivity index (χ1) is 9.08. The Morgan fingerprint density at radius 3 is 2.53 bits per heavy atom. The topological polar surface area (TPSA) is 61.0 Å². The van der Waals surface area contributed by atoms with E-state index in [0.717, 1.165) is 24.2 Å². The number of nitrogen functional groups attached to an aromatic ring is 1. The summed E-state index contributed by atoms with van der Waals surface area (Å²) in [5.74, 6) is 1.92. The summed E-state index contributed by atoms with van der Waals surface area (Å²) in [4.78, 5) is 8.65. The van der Waals surface area contributed by atoms with Gasteiger partial charge in [0.2, 0.25) is 5.88 Å². The fraction of sp³-hybridized carbons (Fsp3) is 0.733. The third kappa shape index (κ3) is 5.05. The van der Waals surface area contributed by atoms with Gasteiger partial charge in [-0.3, -0.25) is 0 Å². The predicted molar refractivity (Wildman–Crippen MR) is 79.4 cm³/mol. The molecule has 1 rings (SSSR count). The fourth-order valence-corrected chi connectivity index (χ4v) is 1.94. The molecule has 108 valence electrons. The minimum absolute atomic E-state index is 0.176. The first kappa shape index (κ1) is 15.7. The second-order valence-electron chi connectivity index (χ2n) is 5.09. The lowest BCUT2D eigenvalue weighted by atomic mass is 10.1. The van der Waals surface area contributed by atoms with E-state index in [1.807, 2.05) is 13.8 Å². The molecule has 0 radical (unpaired) electrons. The smallest absolute Gasteiger partial charge is 0.222 e. The van der Waals surface area contributed by atoms with E-state index in [-0.39, 0.29) is 6.10 Å². The van der Waals surface area contributed by atoms with Crippen LogP contribution in [0.1, 0.15) is 64.3 Å². The number of hydrogen-bond acceptors (Lipinski definition) is 4. The first-order valence-electron chi connectivity index (χ1n) is 7.38. The van der Waals surface area contributed by atoms with Crippen molar-refractivity contribution in [1.82, 2.24) is 9.97 Å². The molecule has 1 unspecified atom stereocenters. The second kappa shape index (κ2) is 7.97. The normalized spacial score (nSPS) is 12.4. The summed E-state index contributed by atoms with van der Waals surface area (Å²) in [6, 6.07) is 0. The molecule has 0 aromatic carbocycles. The van der Waals surface area contributed by atoms with Crippen molar-refractivity contribution in [3.63, 3.8) is 0 Å². The van der Waals surface area contributed by atoms with Crippen molar-refractivity contribution in [3.8, 4) is 5.88 Å². The summed E-state index contributed by atoms with van der Waals surface area (Å²) in [5.41, 5.74) is 6.73. The summed E-state index contributed by atoms with van der Waals surface area (Å²) in [6.07, 6.45) is 7.04. The Bertz CT molecular complexity index is 393. The van der Waals surface area contributed by atoms with E-state index in [1.165, 1.54) is 25.7 Å². The molecule has 19 heavy (non-hydrogen) atoms. The number of anilines is 1. The zero-order valence-electron chi connectivity index (χ0n) is 12.7. The molecular weight excluding hydrogens is 238 g/mol. The van der Waals surface area contributed by atoms with Gasteiger partial charge in [0.25, 0.3) is 0 Å². The van der Waals surface area contributed by atoms with Crippen molar-refractivity contribution in [1.29, 1.82) is 0 Å². The van der Waals surface area contributed by atoms with Gasteiger partial charge in [0.1, 0.15) is 11.6 Å². The zero-order chi connectivity index (χ0) is 14.3. The Hall–Kier alpha value is -1.32. The highest BCUT2D eigenvalue weighted by Gasteiger charge is 2.12. The molecule has 1 aromatic rings. The highest BCUT2D eigenvalue weighted by molar-refractivity contribution is 5.44. The number of unbranched alkanes of at least 4 members (excludes halogenated alkanes) is 3. The van der Waals surface area contributed by atoms with Gasteiger partial charge in [-0.2, -0.15) is 4.98 Å². The molecule has 4 nitrogen and oxygen atoms in total. The molecule has 0 saturated heterocycles. The first-order valence-corrected chi connectivity index (χ1v) is 7.38. The van der Waals surface area contributed by atoms with E-state index in [2.05, 4.69) is 23.8 Å². The van der Waals surface area contributed by atoms with Crippen molar-refractivity contribution in [2.45, 2.75) is 72.3 Å². The number of aromatic nitrogens is 2. The van der Waals surface area contributed by atoms with E-state index in [4.69, 9.17) is 10.5 Å². The minimum Gasteiger partial charge on any atom is -0.474 e. The van der Waals surface area contributed by atoms with Gasteiger partial charge < -0.3 is 10.5 Å². The lowest BCUT2D eigenvalue weighted by Crippen LogP contribution is -2.15. The molecule has 0 fully saturated rings. The van der Waals surface area contributed by atoms with Gasteiger partial charge in [-0.05, 0) is 26.7 Å². The van der Waals surface area contributed by atoms with Crippen LogP contribution >= 0.6 is 0 Å². The summed E-state index contributed by atoms with van der Waals surface area (Å²) in [7, 11) is 0. The lowest BCUT2D eigenvalue weighted by molar-refractivity contribution is 0.196. The molecule has 0 bridgehead atoms. The SMILES string of the molecule is CCCCCCC(C)Oc1nc(CC)nc(N)c1C. The van der Waals surface area contributed by atoms with Crippen LogP contribution in [0.4, 0.5) is 5.82 Å². The average Bonchev–Trinajstić information content (AvgIpc) is 2.39. The monoisotopic (exact) mass is 265 g/mol. The van der Waals surface area contributed by atoms with Crippen LogP contribution < -0.4 is 10.5 Å². The standard InChI is InChI=1S/C15H27N3O/c1-5-7-8-9-10-11(3)19-15-12(4)14(16)17-13(6-2)18-15/h11H,5-10H2,1-4H3,(H2,16,17,18). The summed E-state index contributed by atoms with van der Waals surface area (Å²) >= 11 is 0. The van der Waals surface area contributed by atoms with Gasteiger partial charge in [0, 0.05) is 6.42 Å². The van der Waals surface area contributed by atoms with Crippen molar-refractivity contribution in [2.75, 3.05) is 5.73 Å². The van der Waals surface area contributed by atoms with Crippen LogP contribution in [-0.4, -0.2) is 16.1 Å². The average molecular weight is 265 g/mol. The Morgan fingerprint density at radius 1 is 1.16 bits per heavy atom. The van der Waals surface area contributed by atoms with E-state index in [9.17, 15) is 0 Å². The third-order valence-corrected chi connectivity index (χ3v) is 3.28. The van der Waals surface area contributed by atoms with Gasteiger partial charge >= 0.3 is 0 Å². The van der Waals surface area contributed by atoms with Crippen LogP contribution in [0.3, 0.4) is 0 Å². The lowest BCUT2D eigenvalue weighted by Gasteiger charge is -2.16. The van der Waals surface area contributed by atoms with Crippen LogP contribution in [-0.2, 0) is 6.42 Å². The van der Waals surface area contributed by atoms with Gasteiger partial charge in [0.05, 0.1) is 11.7 Å². The predicted octanol–water partition coefficient (Wildman–Crippen LogP) is 3.67. The Labute approximate surface area is 116 Å². The molecule has 0 amide bonds. The van der Waals surface area contributed by atoms with Crippen LogP contribution in [0.15, 0.2) is 0 Å². The van der Waals surface area contributed by atoms with E-state index in [0.29, 0.717) is 11.7 Å². The molecule has 0 saturated carbocycles. The maximum atomic E-state index is 5.92. The van der Waals surface area contributed by atoms with Crippen LogP contribution in [0.2, 0.25) is 0 Å². The number of ether oxygens (including phenoxy) is 1. The molecule has 4 heteroatoms. The summed E-state index contributed by atoms with van der Waals surface area (Å²) < 4.78 is 5.92. The van der Waals surface area contributed by atoms with Crippen molar-refractivity contribution >= 4 is 5.82 Å². The van der Waals surface area contributed by atoms with Gasteiger partial charge in [-0.1, -0.05) is 33.1 Å². The largest absolute Gasteiger partial charge is 0.474 e. The third-order valence-electron chi connectivity index (χ3n) is 3.28. The molecule has 0 spiro atoms. The molecule has 0 aliphatic rings. The minimum atomic E-state index is 0.176. The maximum Gasteiger partial charge on any atom is 0.222 e. The molecule has 1 heterocycles. The molecule has 1 aromatic heterocycles. The van der Waals surface area contributed by atoms with Gasteiger partial charge in [-0.25, -0.2) is 4.98 Å². The maximum absolute atomic E-state index is 5.92. The number of nitrogens with two attached hydrogens (primary N) is 1. The molecular formula is C15H27N3O. The van der Waals surface area contributed by atoms with Crippen LogP contribution in [0.5, 0.6) is 5.88 Å². The molecule has 2 N–H and O–H groups in total. The van der Waals surface area contributed by atoms with E-state index < -0.39 is 0 Å². The Balaban J connectivity index is 2.58. The van der Waals surface area contributed by atoms with Crippen molar-refractivity contribution in [3.05, 3.63) is 11.4 Å². The van der Waals surface area contributed by atoms with E-state index in [1.54, 1.807) is 0 Å². The molecule has 0 aliphatic carbocycles. The summed E-state index contributed by atoms with van der Waals surface area (Å²) in [6.45, 7) is 8.24. The van der Waals surface area contributed by atoms with Crippen molar-refractivity contribution in [2.24, 2.45) is 0 Å². The Kier molecular flexibility index (Phi) is 6.60. The highest BCUT2D eigenvalue weighted by atomic mass is 16.5. The summed E-state index contributed by atoms with van der Waals surface area (Å²) in [5, 5.41) is 0. The zero-order valence-corrected chi connectivity index (χ0v) is 12.7. The molecule has 1 atom stereocenters. The Morgan fingerprint density at radius 2 is 1.89 bits per heavy atom. The second-order valence-corrected chi connectivity index (χ2v) is 5.09. The van der Waals surface area contributed by atoms with Crippen molar-refractivity contribution < 1.29 is 4.74 Å². The van der Waals surface area contributed by atoms with Crippen LogP contribution in [0.25, 0.3) is 0 Å². The number of hydrogen-bond donors (Lipinski definition) is 1. The number of aryl methyl sites for hydroxylation is 1. The molecule has 0 aliphatic heterocycles. The number of rotatable bonds is 8.